The molecule has 4 rings (SSSR count). The van der Waals surface area contributed by atoms with Crippen LogP contribution in [-0.2, 0) is 9.53 Å². The zero-order chi connectivity index (χ0) is 21.8. The number of thiazole rings is 1. The standard InChI is InChI=1S/C24H29N3O3S/c1-17-5-4-6-20(15-17)30-16-22(28)27(10-9-26-11-13-29-14-12-26)24-25-23-19(3)18(2)7-8-21(23)31-24/h4-8,15H,9-14,16H2,1-3H3. The number of aryl methyl sites for hydroxylation is 3. The lowest BCUT2D eigenvalue weighted by Crippen LogP contribution is -2.44. The number of carbonyl (C=O) groups excluding carboxylic acids is 1. The van der Waals surface area contributed by atoms with Crippen molar-refractivity contribution in [1.29, 1.82) is 0 Å². The second-order valence-corrected chi connectivity index (χ2v) is 8.96. The molecule has 0 radical (unpaired) electrons. The SMILES string of the molecule is Cc1cccc(OCC(=O)N(CCN2CCOCC2)c2nc3c(C)c(C)ccc3s2)c1. The zero-order valence-electron chi connectivity index (χ0n) is 18.4. The van der Waals surface area contributed by atoms with Crippen molar-refractivity contribution in [3.8, 4) is 5.75 Å². The lowest BCUT2D eigenvalue weighted by molar-refractivity contribution is -0.120. The van der Waals surface area contributed by atoms with Crippen LogP contribution in [0.3, 0.4) is 0 Å². The summed E-state index contributed by atoms with van der Waals surface area (Å²) in [5.41, 5.74) is 4.45. The number of benzene rings is 2. The van der Waals surface area contributed by atoms with Gasteiger partial charge in [0.25, 0.3) is 5.91 Å². The van der Waals surface area contributed by atoms with Crippen LogP contribution in [0.15, 0.2) is 36.4 Å². The minimum atomic E-state index is -0.0804. The molecule has 1 amide bonds. The van der Waals surface area contributed by atoms with Crippen molar-refractivity contribution < 1.29 is 14.3 Å². The molecule has 1 aromatic heterocycles. The first-order valence-electron chi connectivity index (χ1n) is 10.7. The molecule has 1 aliphatic rings. The number of amides is 1. The van der Waals surface area contributed by atoms with Gasteiger partial charge in [0.1, 0.15) is 5.75 Å². The molecule has 0 bridgehead atoms. The molecule has 2 aromatic carbocycles. The smallest absolute Gasteiger partial charge is 0.266 e. The van der Waals surface area contributed by atoms with E-state index in [1.807, 2.05) is 31.2 Å². The van der Waals surface area contributed by atoms with Crippen molar-refractivity contribution in [2.45, 2.75) is 20.8 Å². The summed E-state index contributed by atoms with van der Waals surface area (Å²) in [4.78, 5) is 22.2. The molecular weight excluding hydrogens is 410 g/mol. The molecule has 0 saturated carbocycles. The molecule has 6 nitrogen and oxygen atoms in total. The predicted octanol–water partition coefficient (Wildman–Crippen LogP) is 3.97. The first kappa shape index (κ1) is 21.7. The van der Waals surface area contributed by atoms with Gasteiger partial charge >= 0.3 is 0 Å². The van der Waals surface area contributed by atoms with Crippen molar-refractivity contribution in [3.05, 3.63) is 53.1 Å². The normalized spacial score (nSPS) is 14.7. The van der Waals surface area contributed by atoms with Gasteiger partial charge in [-0.1, -0.05) is 29.5 Å². The van der Waals surface area contributed by atoms with Crippen molar-refractivity contribution in [2.24, 2.45) is 0 Å². The predicted molar refractivity (Wildman–Crippen MR) is 125 cm³/mol. The van der Waals surface area contributed by atoms with E-state index in [2.05, 4.69) is 30.9 Å². The van der Waals surface area contributed by atoms with E-state index >= 15 is 0 Å². The molecule has 1 aliphatic heterocycles. The Morgan fingerprint density at radius 3 is 2.77 bits per heavy atom. The number of ether oxygens (including phenoxy) is 2. The lowest BCUT2D eigenvalue weighted by atomic mass is 10.1. The summed E-state index contributed by atoms with van der Waals surface area (Å²) in [5.74, 6) is 0.625. The van der Waals surface area contributed by atoms with Crippen molar-refractivity contribution in [1.82, 2.24) is 9.88 Å². The number of hydrogen-bond donors (Lipinski definition) is 0. The fourth-order valence-corrected chi connectivity index (χ4v) is 4.72. The minimum Gasteiger partial charge on any atom is -0.484 e. The molecule has 0 spiro atoms. The molecule has 2 heterocycles. The number of rotatable bonds is 7. The van der Waals surface area contributed by atoms with Gasteiger partial charge in [0.15, 0.2) is 11.7 Å². The molecule has 0 N–H and O–H groups in total. The van der Waals surface area contributed by atoms with E-state index in [0.29, 0.717) is 12.3 Å². The molecule has 3 aromatic rings. The van der Waals surface area contributed by atoms with Gasteiger partial charge in [0.2, 0.25) is 0 Å². The Morgan fingerprint density at radius 2 is 2.00 bits per heavy atom. The quantitative estimate of drug-likeness (QED) is 0.558. The summed E-state index contributed by atoms with van der Waals surface area (Å²) >= 11 is 1.56. The van der Waals surface area contributed by atoms with Gasteiger partial charge in [-0.25, -0.2) is 4.98 Å². The maximum atomic E-state index is 13.2. The Morgan fingerprint density at radius 1 is 1.19 bits per heavy atom. The van der Waals surface area contributed by atoms with Crippen LogP contribution in [0.5, 0.6) is 5.75 Å². The van der Waals surface area contributed by atoms with Gasteiger partial charge in [-0.15, -0.1) is 0 Å². The minimum absolute atomic E-state index is 0.0134. The Hall–Kier alpha value is -2.48. The number of carbonyl (C=O) groups is 1. The summed E-state index contributed by atoms with van der Waals surface area (Å²) in [7, 11) is 0. The van der Waals surface area contributed by atoms with Gasteiger partial charge in [-0.3, -0.25) is 14.6 Å². The summed E-state index contributed by atoms with van der Waals surface area (Å²) in [6, 6.07) is 12.0. The zero-order valence-corrected chi connectivity index (χ0v) is 19.2. The number of anilines is 1. The summed E-state index contributed by atoms with van der Waals surface area (Å²) in [6.45, 7) is 10.8. The molecule has 0 unspecified atom stereocenters. The Bertz CT molecular complexity index is 1060. The highest BCUT2D eigenvalue weighted by atomic mass is 32.1. The summed E-state index contributed by atoms with van der Waals surface area (Å²) in [6.07, 6.45) is 0. The third-order valence-corrected chi connectivity index (χ3v) is 6.74. The van der Waals surface area contributed by atoms with Crippen molar-refractivity contribution >= 4 is 32.6 Å². The molecule has 0 aliphatic carbocycles. The molecule has 1 fully saturated rings. The van der Waals surface area contributed by atoms with Crippen LogP contribution < -0.4 is 9.64 Å². The van der Waals surface area contributed by atoms with E-state index in [9.17, 15) is 4.79 Å². The summed E-state index contributed by atoms with van der Waals surface area (Å²) < 4.78 is 12.4. The van der Waals surface area contributed by atoms with Crippen LogP contribution in [0.25, 0.3) is 10.2 Å². The van der Waals surface area contributed by atoms with E-state index in [0.717, 1.165) is 59.3 Å². The lowest BCUT2D eigenvalue weighted by Gasteiger charge is -2.29. The number of hydrogen-bond acceptors (Lipinski definition) is 6. The van der Waals surface area contributed by atoms with Crippen LogP contribution in [0, 0.1) is 20.8 Å². The van der Waals surface area contributed by atoms with Crippen LogP contribution in [-0.4, -0.2) is 61.8 Å². The van der Waals surface area contributed by atoms with Gasteiger partial charge in [-0.2, -0.15) is 0 Å². The van der Waals surface area contributed by atoms with Crippen LogP contribution in [0.4, 0.5) is 5.13 Å². The number of nitrogens with zero attached hydrogens (tertiary/aromatic N) is 3. The molecule has 164 valence electrons. The van der Waals surface area contributed by atoms with E-state index in [4.69, 9.17) is 14.5 Å². The molecule has 1 saturated heterocycles. The highest BCUT2D eigenvalue weighted by Crippen LogP contribution is 2.32. The monoisotopic (exact) mass is 439 g/mol. The first-order valence-corrected chi connectivity index (χ1v) is 11.5. The molecule has 31 heavy (non-hydrogen) atoms. The Labute approximate surface area is 187 Å². The molecule has 7 heteroatoms. The van der Waals surface area contributed by atoms with Gasteiger partial charge in [0.05, 0.1) is 23.4 Å². The highest BCUT2D eigenvalue weighted by molar-refractivity contribution is 7.22. The van der Waals surface area contributed by atoms with Crippen LogP contribution in [0.1, 0.15) is 16.7 Å². The largest absolute Gasteiger partial charge is 0.484 e. The third-order valence-electron chi connectivity index (χ3n) is 5.70. The molecular formula is C24H29N3O3S. The first-order chi connectivity index (χ1) is 15.0. The van der Waals surface area contributed by atoms with Gasteiger partial charge in [0, 0.05) is 26.2 Å². The van der Waals surface area contributed by atoms with E-state index in [-0.39, 0.29) is 12.5 Å². The van der Waals surface area contributed by atoms with Crippen LogP contribution >= 0.6 is 11.3 Å². The summed E-state index contributed by atoms with van der Waals surface area (Å²) in [5, 5.41) is 0.731. The van der Waals surface area contributed by atoms with E-state index < -0.39 is 0 Å². The van der Waals surface area contributed by atoms with Gasteiger partial charge < -0.3 is 9.47 Å². The van der Waals surface area contributed by atoms with E-state index in [1.165, 1.54) is 5.56 Å². The second-order valence-electron chi connectivity index (χ2n) is 7.96. The fourth-order valence-electron chi connectivity index (χ4n) is 3.65. The van der Waals surface area contributed by atoms with Crippen LogP contribution in [0.2, 0.25) is 0 Å². The third kappa shape index (κ3) is 5.23. The topological polar surface area (TPSA) is 54.9 Å². The van der Waals surface area contributed by atoms with E-state index in [1.54, 1.807) is 16.2 Å². The fraction of sp³-hybridized carbons (Fsp3) is 0.417. The highest BCUT2D eigenvalue weighted by Gasteiger charge is 2.22. The second kappa shape index (κ2) is 9.77. The number of fused-ring (bicyclic) bond motifs is 1. The number of aromatic nitrogens is 1. The van der Waals surface area contributed by atoms with Crippen molar-refractivity contribution in [2.75, 3.05) is 50.9 Å². The Kier molecular flexibility index (Phi) is 6.85. The van der Waals surface area contributed by atoms with Crippen molar-refractivity contribution in [3.63, 3.8) is 0 Å². The average molecular weight is 440 g/mol. The number of morpholine rings is 1. The molecule has 0 atom stereocenters. The maximum Gasteiger partial charge on any atom is 0.266 e. The Balaban J connectivity index is 1.54. The van der Waals surface area contributed by atoms with Gasteiger partial charge in [-0.05, 0) is 55.7 Å². The maximum absolute atomic E-state index is 13.2. The average Bonchev–Trinajstić information content (AvgIpc) is 3.20.